The molecule has 2 heterocycles. The van der Waals surface area contributed by atoms with E-state index < -0.39 is 18.2 Å². The molecule has 0 unspecified atom stereocenters. The first kappa shape index (κ1) is 24.8. The molecular formula is C23H36ClN5O3. The Kier molecular flexibility index (Phi) is 9.16. The third kappa shape index (κ3) is 6.57. The van der Waals surface area contributed by atoms with Crippen molar-refractivity contribution in [1.29, 1.82) is 0 Å². The number of anilines is 1. The number of nitrogens with zero attached hydrogens (tertiary/aromatic N) is 3. The molecule has 3 rings (SSSR count). The van der Waals surface area contributed by atoms with E-state index in [1.54, 1.807) is 38.3 Å². The Bertz CT molecular complexity index is 747. The summed E-state index contributed by atoms with van der Waals surface area (Å²) in [7, 11) is 1.55. The maximum absolute atomic E-state index is 13.3. The Hall–Kier alpha value is -1.87. The Balaban J connectivity index is 1.53. The van der Waals surface area contributed by atoms with Gasteiger partial charge in [-0.2, -0.15) is 0 Å². The molecule has 2 N–H and O–H groups in total. The van der Waals surface area contributed by atoms with Crippen molar-refractivity contribution < 1.29 is 14.3 Å². The molecule has 0 saturated carbocycles. The minimum absolute atomic E-state index is 0.0974. The first-order chi connectivity index (χ1) is 15.4. The summed E-state index contributed by atoms with van der Waals surface area (Å²) in [6.07, 6.45) is 1.48. The van der Waals surface area contributed by atoms with E-state index >= 15 is 0 Å². The molecule has 8 nitrogen and oxygen atoms in total. The number of amides is 3. The maximum Gasteiger partial charge on any atom is 0.319 e. The number of nitrogens with one attached hydrogen (secondary N) is 2. The Morgan fingerprint density at radius 1 is 1.09 bits per heavy atom. The smallest absolute Gasteiger partial charge is 0.319 e. The summed E-state index contributed by atoms with van der Waals surface area (Å²) in [5.74, 6) is -0.0974. The van der Waals surface area contributed by atoms with Crippen molar-refractivity contribution >= 4 is 29.2 Å². The Labute approximate surface area is 196 Å². The molecule has 0 aliphatic carbocycles. The number of carbonyl (C=O) groups is 2. The molecule has 3 amide bonds. The number of halogens is 1. The monoisotopic (exact) mass is 465 g/mol. The summed E-state index contributed by atoms with van der Waals surface area (Å²) in [4.78, 5) is 32.7. The number of methoxy groups -OCH3 is 1. The number of hydrogen-bond donors (Lipinski definition) is 2. The van der Waals surface area contributed by atoms with Gasteiger partial charge in [0.25, 0.3) is 0 Å². The van der Waals surface area contributed by atoms with Crippen molar-refractivity contribution in [2.75, 3.05) is 58.2 Å². The third-order valence-electron chi connectivity index (χ3n) is 6.64. The molecule has 0 bridgehead atoms. The van der Waals surface area contributed by atoms with E-state index in [1.807, 2.05) is 4.90 Å². The highest BCUT2D eigenvalue weighted by Crippen LogP contribution is 2.20. The second-order valence-electron chi connectivity index (χ2n) is 8.55. The number of piperazine rings is 1. The molecule has 1 aromatic rings. The van der Waals surface area contributed by atoms with Crippen molar-refractivity contribution in [1.82, 2.24) is 20.0 Å². The van der Waals surface area contributed by atoms with E-state index in [0.29, 0.717) is 29.8 Å². The minimum atomic E-state index is -0.753. The van der Waals surface area contributed by atoms with Gasteiger partial charge in [0.2, 0.25) is 5.91 Å². The zero-order valence-corrected chi connectivity index (χ0v) is 20.1. The van der Waals surface area contributed by atoms with Crippen molar-refractivity contribution in [2.45, 2.75) is 44.9 Å². The van der Waals surface area contributed by atoms with Crippen LogP contribution >= 0.6 is 11.6 Å². The zero-order chi connectivity index (χ0) is 23.1. The number of ether oxygens (including phenoxy) is 1. The van der Waals surface area contributed by atoms with Crippen LogP contribution in [0.1, 0.15) is 26.7 Å². The van der Waals surface area contributed by atoms with Gasteiger partial charge in [-0.25, -0.2) is 4.79 Å². The predicted octanol–water partition coefficient (Wildman–Crippen LogP) is 2.49. The summed E-state index contributed by atoms with van der Waals surface area (Å²) in [6.45, 7) is 11.0. The van der Waals surface area contributed by atoms with Crippen LogP contribution in [0.5, 0.6) is 0 Å². The normalized spacial score (nSPS) is 20.6. The van der Waals surface area contributed by atoms with Gasteiger partial charge in [-0.1, -0.05) is 18.5 Å². The molecule has 1 aromatic carbocycles. The quantitative estimate of drug-likeness (QED) is 0.647. The van der Waals surface area contributed by atoms with Crippen LogP contribution in [0.3, 0.4) is 0 Å². The van der Waals surface area contributed by atoms with Gasteiger partial charge in [-0.05, 0) is 50.6 Å². The van der Waals surface area contributed by atoms with E-state index in [-0.39, 0.29) is 5.91 Å². The van der Waals surface area contributed by atoms with Gasteiger partial charge in [-0.15, -0.1) is 0 Å². The predicted molar refractivity (Wildman–Crippen MR) is 127 cm³/mol. The van der Waals surface area contributed by atoms with Gasteiger partial charge >= 0.3 is 6.03 Å². The topological polar surface area (TPSA) is 77.2 Å². The van der Waals surface area contributed by atoms with Crippen LogP contribution in [0.2, 0.25) is 5.02 Å². The number of hydrogen-bond acceptors (Lipinski definition) is 5. The summed E-state index contributed by atoms with van der Waals surface area (Å²) in [6, 6.07) is 6.15. The number of urea groups is 1. The highest BCUT2D eigenvalue weighted by Gasteiger charge is 2.34. The molecule has 2 aliphatic rings. The molecule has 2 aliphatic heterocycles. The van der Waals surface area contributed by atoms with Crippen LogP contribution in [0.25, 0.3) is 0 Å². The Morgan fingerprint density at radius 2 is 1.72 bits per heavy atom. The molecule has 0 radical (unpaired) electrons. The van der Waals surface area contributed by atoms with E-state index in [4.69, 9.17) is 16.3 Å². The molecule has 9 heteroatoms. The fourth-order valence-electron chi connectivity index (χ4n) is 4.45. The lowest BCUT2D eigenvalue weighted by Gasteiger charge is -2.43. The maximum atomic E-state index is 13.3. The second kappa shape index (κ2) is 11.8. The van der Waals surface area contributed by atoms with Gasteiger partial charge in [0, 0.05) is 63.1 Å². The van der Waals surface area contributed by atoms with Crippen molar-refractivity contribution in [2.24, 2.45) is 0 Å². The molecule has 0 aromatic heterocycles. The number of likely N-dealkylation sites (N-methyl/N-ethyl adjacent to an activating group) is 1. The van der Waals surface area contributed by atoms with E-state index in [9.17, 15) is 9.59 Å². The second-order valence-corrected chi connectivity index (χ2v) is 8.99. The van der Waals surface area contributed by atoms with Crippen molar-refractivity contribution in [3.63, 3.8) is 0 Å². The van der Waals surface area contributed by atoms with Crippen LogP contribution in [0.4, 0.5) is 10.5 Å². The largest absolute Gasteiger partial charge is 0.379 e. The zero-order valence-electron chi connectivity index (χ0n) is 19.3. The number of carbonyl (C=O) groups excluding carboxylic acids is 2. The van der Waals surface area contributed by atoms with E-state index in [1.165, 1.54) is 0 Å². The number of likely N-dealkylation sites (tertiary alicyclic amines) is 1. The molecule has 2 fully saturated rings. The lowest BCUT2D eigenvalue weighted by molar-refractivity contribution is -0.138. The molecule has 178 valence electrons. The van der Waals surface area contributed by atoms with E-state index in [0.717, 1.165) is 45.6 Å². The molecule has 2 saturated heterocycles. The number of rotatable bonds is 7. The molecule has 2 atom stereocenters. The van der Waals surface area contributed by atoms with Crippen LogP contribution < -0.4 is 10.6 Å². The lowest BCUT2D eigenvalue weighted by atomic mass is 10.0. The summed E-state index contributed by atoms with van der Waals surface area (Å²) in [5.41, 5.74) is 0.604. The van der Waals surface area contributed by atoms with Gasteiger partial charge in [0.15, 0.2) is 0 Å². The van der Waals surface area contributed by atoms with Crippen LogP contribution in [-0.2, 0) is 9.53 Å². The number of benzene rings is 1. The average Bonchev–Trinajstić information content (AvgIpc) is 2.83. The summed E-state index contributed by atoms with van der Waals surface area (Å²) >= 11 is 5.89. The van der Waals surface area contributed by atoms with E-state index in [2.05, 4.69) is 27.4 Å². The fourth-order valence-corrected chi connectivity index (χ4v) is 4.58. The summed E-state index contributed by atoms with van der Waals surface area (Å²) < 4.78 is 5.41. The minimum Gasteiger partial charge on any atom is -0.379 e. The van der Waals surface area contributed by atoms with Crippen LogP contribution in [-0.4, -0.2) is 97.7 Å². The van der Waals surface area contributed by atoms with Gasteiger partial charge in [0.1, 0.15) is 6.04 Å². The van der Waals surface area contributed by atoms with Gasteiger partial charge in [0.05, 0.1) is 6.10 Å². The van der Waals surface area contributed by atoms with Gasteiger partial charge in [-0.3, -0.25) is 9.69 Å². The highest BCUT2D eigenvalue weighted by molar-refractivity contribution is 6.30. The Morgan fingerprint density at radius 3 is 2.28 bits per heavy atom. The van der Waals surface area contributed by atoms with Crippen molar-refractivity contribution in [3.8, 4) is 0 Å². The van der Waals surface area contributed by atoms with Gasteiger partial charge < -0.3 is 25.2 Å². The highest BCUT2D eigenvalue weighted by atomic mass is 35.5. The third-order valence-corrected chi connectivity index (χ3v) is 6.89. The molecule has 0 spiro atoms. The first-order valence-corrected chi connectivity index (χ1v) is 11.9. The summed E-state index contributed by atoms with van der Waals surface area (Å²) in [5, 5.41) is 6.14. The number of piperidine rings is 1. The lowest BCUT2D eigenvalue weighted by Crippen LogP contribution is -2.58. The molecule has 32 heavy (non-hydrogen) atoms. The standard InChI is InChI=1S/C23H36ClN5O3/c1-4-27-13-15-28(16-14-27)20-9-11-29(12-10-20)22(30)21(17(2)32-3)26-23(31)25-19-7-5-18(24)6-8-19/h5-8,17,20-21H,4,9-16H2,1-3H3,(H2,25,26,31)/t17-,21-/m1/s1. The fraction of sp³-hybridized carbons (Fsp3) is 0.652. The van der Waals surface area contributed by atoms with Crippen LogP contribution in [0, 0.1) is 0 Å². The van der Waals surface area contributed by atoms with Crippen molar-refractivity contribution in [3.05, 3.63) is 29.3 Å². The average molecular weight is 466 g/mol. The SMILES string of the molecule is CCN1CCN(C2CCN(C(=O)[C@H](NC(=O)Nc3ccc(Cl)cc3)[C@@H](C)OC)CC2)CC1. The molecular weight excluding hydrogens is 430 g/mol. The first-order valence-electron chi connectivity index (χ1n) is 11.5. The van der Waals surface area contributed by atoms with Crippen LogP contribution in [0.15, 0.2) is 24.3 Å².